The molecule has 4 aromatic rings. The lowest BCUT2D eigenvalue weighted by Crippen LogP contribution is -2.35. The van der Waals surface area contributed by atoms with Gasteiger partial charge in [-0.3, -0.25) is 14.3 Å². The largest absolute Gasteiger partial charge is 0.387 e. The lowest BCUT2D eigenvalue weighted by molar-refractivity contribution is -0.0602. The third-order valence-corrected chi connectivity index (χ3v) is 9.88. The average Bonchev–Trinajstić information content (AvgIpc) is 3.72. The van der Waals surface area contributed by atoms with Gasteiger partial charge in [0.25, 0.3) is 5.56 Å². The Hall–Kier alpha value is -2.68. The zero-order chi connectivity index (χ0) is 30.9. The van der Waals surface area contributed by atoms with Gasteiger partial charge in [0.05, 0.1) is 24.0 Å². The standard InChI is InChI=1S/C22H26N8O11P2S/c23-16-8-1-3-29(17(8)26-7-25-16)20-13(32)14-11(39-20)6-37-43(35,44)41-15-12(31)10(5-36-42(34)40-14)38-21(15)30-4-2-9-18(30)27-22(24)28-19(9)33/h1-4,7,10-15,20-21,31-32,34H,5-6H2,(H,35,44)(H2,23,25,26)(H3,24,27,28,33). The summed E-state index contributed by atoms with van der Waals surface area (Å²) >= 11 is 5.28. The molecule has 0 aromatic carbocycles. The molecule has 0 aliphatic carbocycles. The number of H-pyrrole nitrogens is 1. The van der Waals surface area contributed by atoms with Crippen LogP contribution in [0.15, 0.2) is 35.6 Å². The van der Waals surface area contributed by atoms with Crippen molar-refractivity contribution >= 4 is 61.0 Å². The van der Waals surface area contributed by atoms with E-state index >= 15 is 0 Å². The molecule has 44 heavy (non-hydrogen) atoms. The van der Waals surface area contributed by atoms with Gasteiger partial charge in [-0.25, -0.2) is 9.97 Å². The monoisotopic (exact) mass is 672 g/mol. The van der Waals surface area contributed by atoms with Gasteiger partial charge in [0, 0.05) is 12.4 Å². The van der Waals surface area contributed by atoms with E-state index in [4.69, 9.17) is 50.8 Å². The van der Waals surface area contributed by atoms with E-state index in [-0.39, 0.29) is 22.8 Å². The van der Waals surface area contributed by atoms with Gasteiger partial charge in [0.15, 0.2) is 18.1 Å². The lowest BCUT2D eigenvalue weighted by Gasteiger charge is -2.27. The van der Waals surface area contributed by atoms with Gasteiger partial charge in [-0.1, -0.05) is 0 Å². The molecule has 10 atom stereocenters. The molecule has 3 saturated heterocycles. The summed E-state index contributed by atoms with van der Waals surface area (Å²) in [5.74, 6) is 0.0691. The summed E-state index contributed by atoms with van der Waals surface area (Å²) in [6.45, 7) is -5.01. The van der Waals surface area contributed by atoms with E-state index in [1.54, 1.807) is 12.3 Å². The first kappa shape index (κ1) is 30.0. The Morgan fingerprint density at radius 1 is 1.00 bits per heavy atom. The van der Waals surface area contributed by atoms with Gasteiger partial charge in [-0.15, -0.1) is 0 Å². The maximum Gasteiger partial charge on any atom is 0.330 e. The number of fused-ring (bicyclic) bond motifs is 5. The first-order chi connectivity index (χ1) is 21.0. The number of hydrogen-bond acceptors (Lipinski definition) is 16. The summed E-state index contributed by atoms with van der Waals surface area (Å²) < 4.78 is 37.5. The van der Waals surface area contributed by atoms with Crippen molar-refractivity contribution in [2.45, 2.75) is 49.1 Å². The Balaban J connectivity index is 1.18. The number of anilines is 2. The van der Waals surface area contributed by atoms with E-state index in [9.17, 15) is 24.8 Å². The predicted octanol–water partition coefficient (Wildman–Crippen LogP) is -0.896. The van der Waals surface area contributed by atoms with Gasteiger partial charge in [0.1, 0.15) is 54.4 Å². The zero-order valence-electron chi connectivity index (χ0n) is 22.3. The van der Waals surface area contributed by atoms with E-state index in [1.165, 1.54) is 27.7 Å². The van der Waals surface area contributed by atoms with Crippen LogP contribution in [0.2, 0.25) is 0 Å². The van der Waals surface area contributed by atoms with Crippen LogP contribution >= 0.6 is 15.3 Å². The molecule has 7 heterocycles. The molecule has 10 unspecified atom stereocenters. The molecular weight excluding hydrogens is 646 g/mol. The number of nitrogen functional groups attached to an aromatic ring is 2. The molecule has 3 fully saturated rings. The van der Waals surface area contributed by atoms with Gasteiger partial charge in [0.2, 0.25) is 5.95 Å². The Bertz CT molecular complexity index is 1820. The number of aromatic nitrogens is 6. The normalized spacial score (nSPS) is 36.6. The van der Waals surface area contributed by atoms with E-state index < -0.39 is 83.2 Å². The highest BCUT2D eigenvalue weighted by Crippen LogP contribution is 2.52. The van der Waals surface area contributed by atoms with Crippen LogP contribution in [0.5, 0.6) is 0 Å². The van der Waals surface area contributed by atoms with Crippen molar-refractivity contribution in [2.75, 3.05) is 24.7 Å². The van der Waals surface area contributed by atoms with Crippen molar-refractivity contribution in [3.05, 3.63) is 41.2 Å². The maximum atomic E-state index is 12.4. The minimum absolute atomic E-state index is 0.117. The molecule has 4 aromatic heterocycles. The summed E-state index contributed by atoms with van der Waals surface area (Å²) in [6.07, 6.45) is -5.57. The molecule has 0 amide bonds. The second kappa shape index (κ2) is 11.3. The summed E-state index contributed by atoms with van der Waals surface area (Å²) in [4.78, 5) is 48.9. The van der Waals surface area contributed by atoms with E-state index in [1.807, 2.05) is 0 Å². The maximum absolute atomic E-state index is 12.4. The fraction of sp³-hybridized carbons (Fsp3) is 0.455. The van der Waals surface area contributed by atoms with E-state index in [2.05, 4.69) is 19.9 Å². The minimum Gasteiger partial charge on any atom is -0.387 e. The Morgan fingerprint density at radius 2 is 1.73 bits per heavy atom. The number of aliphatic hydroxyl groups is 2. The third kappa shape index (κ3) is 5.21. The molecule has 3 aliphatic rings. The number of ether oxygens (including phenoxy) is 2. The SMILES string of the molecule is Nc1nc2c(ccn2C2OC3COP(O)OC4C(COP(O)(=S)OC2C3O)OC(n2ccc3c(N)ncnc32)C4O)c(=O)[nH]1. The fourth-order valence-corrected chi connectivity index (χ4v) is 7.71. The van der Waals surface area contributed by atoms with Crippen molar-refractivity contribution < 1.29 is 47.6 Å². The first-order valence-electron chi connectivity index (χ1n) is 13.1. The van der Waals surface area contributed by atoms with Crippen LogP contribution in [0.4, 0.5) is 11.8 Å². The Labute approximate surface area is 252 Å². The molecular formula is C22H26N8O11P2S. The van der Waals surface area contributed by atoms with Gasteiger partial charge in [-0.2, -0.15) is 4.98 Å². The average molecular weight is 673 g/mol. The molecule has 236 valence electrons. The summed E-state index contributed by atoms with van der Waals surface area (Å²) in [5.41, 5.74) is 11.7. The van der Waals surface area contributed by atoms with Gasteiger partial charge < -0.3 is 63.6 Å². The number of aromatic amines is 1. The lowest BCUT2D eigenvalue weighted by atomic mass is 10.1. The molecule has 22 heteroatoms. The molecule has 3 aliphatic heterocycles. The molecule has 0 saturated carbocycles. The van der Waals surface area contributed by atoms with Crippen molar-refractivity contribution in [3.63, 3.8) is 0 Å². The van der Waals surface area contributed by atoms with Crippen LogP contribution in [-0.4, -0.2) is 98.9 Å². The minimum atomic E-state index is -4.16. The predicted molar refractivity (Wildman–Crippen MR) is 154 cm³/mol. The van der Waals surface area contributed by atoms with Crippen molar-refractivity contribution in [1.82, 2.24) is 29.1 Å². The van der Waals surface area contributed by atoms with Crippen LogP contribution in [0.3, 0.4) is 0 Å². The number of nitrogens with two attached hydrogens (primary N) is 2. The van der Waals surface area contributed by atoms with Crippen molar-refractivity contribution in [1.29, 1.82) is 0 Å². The quantitative estimate of drug-likeness (QED) is 0.127. The highest BCUT2D eigenvalue weighted by Gasteiger charge is 2.51. The number of nitrogens with one attached hydrogen (secondary N) is 1. The van der Waals surface area contributed by atoms with Gasteiger partial charge in [-0.05, 0) is 23.9 Å². The highest BCUT2D eigenvalue weighted by molar-refractivity contribution is 8.07. The molecule has 7 rings (SSSR count). The number of aliphatic hydroxyl groups excluding tert-OH is 2. The molecule has 2 bridgehead atoms. The topological polar surface area (TPSA) is 270 Å². The van der Waals surface area contributed by atoms with Gasteiger partial charge >= 0.3 is 15.3 Å². The smallest absolute Gasteiger partial charge is 0.330 e. The molecule has 0 radical (unpaired) electrons. The van der Waals surface area contributed by atoms with Crippen LogP contribution in [0.25, 0.3) is 22.1 Å². The molecule has 0 spiro atoms. The third-order valence-electron chi connectivity index (χ3n) is 7.53. The zero-order valence-corrected chi connectivity index (χ0v) is 24.9. The summed E-state index contributed by atoms with van der Waals surface area (Å²) in [7, 11) is -2.66. The van der Waals surface area contributed by atoms with Crippen molar-refractivity contribution in [2.24, 2.45) is 0 Å². The van der Waals surface area contributed by atoms with Crippen LogP contribution < -0.4 is 17.0 Å². The molecule has 9 N–H and O–H groups in total. The summed E-state index contributed by atoms with van der Waals surface area (Å²) in [6, 6.07) is 3.12. The fourth-order valence-electron chi connectivity index (χ4n) is 5.49. The second-order valence-corrected chi connectivity index (χ2v) is 13.9. The molecule has 19 nitrogen and oxygen atoms in total. The van der Waals surface area contributed by atoms with Crippen LogP contribution in [0.1, 0.15) is 12.5 Å². The Kier molecular flexibility index (Phi) is 7.69. The summed E-state index contributed by atoms with van der Waals surface area (Å²) in [5, 5.41) is 23.1. The van der Waals surface area contributed by atoms with Crippen molar-refractivity contribution in [3.8, 4) is 0 Å². The second-order valence-electron chi connectivity index (χ2n) is 10.2. The Morgan fingerprint density at radius 3 is 2.52 bits per heavy atom. The van der Waals surface area contributed by atoms with E-state index in [0.717, 1.165) is 0 Å². The number of hydrogen-bond donors (Lipinski definition) is 7. The van der Waals surface area contributed by atoms with E-state index in [0.29, 0.717) is 11.0 Å². The number of nitrogens with zero attached hydrogens (tertiary/aromatic N) is 5. The highest BCUT2D eigenvalue weighted by atomic mass is 32.5. The first-order valence-corrected chi connectivity index (χ1v) is 16.8. The van der Waals surface area contributed by atoms with Crippen LogP contribution in [-0.2, 0) is 39.4 Å². The number of rotatable bonds is 2. The van der Waals surface area contributed by atoms with Crippen LogP contribution in [0, 0.1) is 0 Å².